The Morgan fingerprint density at radius 2 is 1.43 bits per heavy atom. The van der Waals surface area contributed by atoms with Crippen molar-refractivity contribution in [3.63, 3.8) is 0 Å². The molecule has 0 saturated carbocycles. The molecule has 0 aromatic rings. The zero-order valence-electron chi connectivity index (χ0n) is 12.9. The Morgan fingerprint density at radius 3 is 2.00 bits per heavy atom. The third-order valence-corrected chi connectivity index (χ3v) is 2.28. The molecule has 0 radical (unpaired) electrons. The molecule has 0 aliphatic rings. The monoisotopic (exact) mass is 300 g/mol. The van der Waals surface area contributed by atoms with E-state index in [2.05, 4.69) is 13.2 Å². The number of carbonyl (C=O) groups excluding carboxylic acids is 2. The smallest absolute Gasteiger partial charge is 0.330 e. The highest BCUT2D eigenvalue weighted by Crippen LogP contribution is 2.02. The number of rotatable bonds is 11. The van der Waals surface area contributed by atoms with Gasteiger partial charge in [-0.15, -0.1) is 0 Å². The van der Waals surface area contributed by atoms with E-state index < -0.39 is 11.9 Å². The molecule has 0 spiro atoms. The first kappa shape index (κ1) is 19.3. The molecular weight excluding hydrogens is 276 g/mol. The van der Waals surface area contributed by atoms with Gasteiger partial charge in [0.2, 0.25) is 0 Å². The van der Waals surface area contributed by atoms with Crippen LogP contribution >= 0.6 is 0 Å². The summed E-state index contributed by atoms with van der Waals surface area (Å²) in [5.74, 6) is -0.958. The van der Waals surface area contributed by atoms with Crippen molar-refractivity contribution in [2.75, 3.05) is 19.8 Å². The minimum absolute atomic E-state index is 0.155. The van der Waals surface area contributed by atoms with E-state index in [1.165, 1.54) is 0 Å². The molecule has 0 aliphatic heterocycles. The maximum absolute atomic E-state index is 10.9. The van der Waals surface area contributed by atoms with Crippen LogP contribution in [-0.2, 0) is 28.5 Å². The summed E-state index contributed by atoms with van der Waals surface area (Å²) in [5.41, 5.74) is 0. The lowest BCUT2D eigenvalue weighted by Gasteiger charge is -2.20. The highest BCUT2D eigenvalue weighted by Gasteiger charge is 2.12. The molecule has 0 N–H and O–H groups in total. The van der Waals surface area contributed by atoms with Crippen LogP contribution in [0.15, 0.2) is 25.3 Å². The molecule has 6 nitrogen and oxygen atoms in total. The van der Waals surface area contributed by atoms with Crippen LogP contribution in [-0.4, -0.2) is 50.1 Å². The lowest BCUT2D eigenvalue weighted by molar-refractivity contribution is -0.148. The van der Waals surface area contributed by atoms with Gasteiger partial charge in [0.05, 0.1) is 25.4 Å². The number of hydrogen-bond acceptors (Lipinski definition) is 6. The SMILES string of the molecule is C=CC(=O)OCC(C)OC(C)COCC(C)OC(=O)C=C. The Balaban J connectivity index is 3.76. The molecule has 0 saturated heterocycles. The highest BCUT2D eigenvalue weighted by molar-refractivity contribution is 5.81. The van der Waals surface area contributed by atoms with Crippen LogP contribution in [0.25, 0.3) is 0 Å². The second-order valence-corrected chi connectivity index (χ2v) is 4.58. The summed E-state index contributed by atoms with van der Waals surface area (Å²) in [7, 11) is 0. The molecule has 0 fully saturated rings. The van der Waals surface area contributed by atoms with Crippen molar-refractivity contribution in [1.82, 2.24) is 0 Å². The van der Waals surface area contributed by atoms with Gasteiger partial charge in [0.15, 0.2) is 0 Å². The van der Waals surface area contributed by atoms with Crippen LogP contribution in [0, 0.1) is 0 Å². The highest BCUT2D eigenvalue weighted by atomic mass is 16.6. The van der Waals surface area contributed by atoms with Gasteiger partial charge in [-0.25, -0.2) is 9.59 Å². The summed E-state index contributed by atoms with van der Waals surface area (Å²) in [6.07, 6.45) is 1.43. The average Bonchev–Trinajstić information content (AvgIpc) is 2.44. The predicted molar refractivity (Wildman–Crippen MR) is 77.7 cm³/mol. The Hall–Kier alpha value is -1.66. The van der Waals surface area contributed by atoms with Crippen molar-refractivity contribution < 1.29 is 28.5 Å². The molecule has 0 bridgehead atoms. The van der Waals surface area contributed by atoms with Crippen molar-refractivity contribution in [1.29, 1.82) is 0 Å². The minimum Gasteiger partial charge on any atom is -0.460 e. The minimum atomic E-state index is -0.479. The zero-order chi connectivity index (χ0) is 16.3. The number of esters is 2. The van der Waals surface area contributed by atoms with Gasteiger partial charge in [0.1, 0.15) is 12.7 Å². The van der Waals surface area contributed by atoms with E-state index in [1.807, 2.05) is 6.92 Å². The third kappa shape index (κ3) is 10.8. The summed E-state index contributed by atoms with van der Waals surface area (Å²) >= 11 is 0. The Labute approximate surface area is 125 Å². The van der Waals surface area contributed by atoms with E-state index >= 15 is 0 Å². The third-order valence-electron chi connectivity index (χ3n) is 2.28. The van der Waals surface area contributed by atoms with Crippen molar-refractivity contribution in [2.24, 2.45) is 0 Å². The maximum atomic E-state index is 10.9. The maximum Gasteiger partial charge on any atom is 0.330 e. The molecule has 3 atom stereocenters. The largest absolute Gasteiger partial charge is 0.460 e. The molecule has 6 heteroatoms. The fourth-order valence-electron chi connectivity index (χ4n) is 1.41. The van der Waals surface area contributed by atoms with Crippen molar-refractivity contribution in [3.05, 3.63) is 25.3 Å². The van der Waals surface area contributed by atoms with Gasteiger partial charge in [0.25, 0.3) is 0 Å². The van der Waals surface area contributed by atoms with Crippen LogP contribution in [0.1, 0.15) is 20.8 Å². The lowest BCUT2D eigenvalue weighted by Crippen LogP contribution is -2.28. The molecule has 3 unspecified atom stereocenters. The van der Waals surface area contributed by atoms with Crippen molar-refractivity contribution in [3.8, 4) is 0 Å². The summed E-state index contributed by atoms with van der Waals surface area (Å²) in [5, 5.41) is 0. The van der Waals surface area contributed by atoms with Crippen molar-refractivity contribution >= 4 is 11.9 Å². The molecule has 0 aromatic carbocycles. The van der Waals surface area contributed by atoms with Crippen LogP contribution in [0.5, 0.6) is 0 Å². The van der Waals surface area contributed by atoms with Gasteiger partial charge >= 0.3 is 11.9 Å². The molecule has 0 amide bonds. The van der Waals surface area contributed by atoms with Gasteiger partial charge in [0, 0.05) is 12.2 Å². The molecule has 120 valence electrons. The first-order valence-corrected chi connectivity index (χ1v) is 6.74. The average molecular weight is 300 g/mol. The van der Waals surface area contributed by atoms with Crippen LogP contribution in [0.2, 0.25) is 0 Å². The lowest BCUT2D eigenvalue weighted by atomic mass is 10.3. The second-order valence-electron chi connectivity index (χ2n) is 4.58. The van der Waals surface area contributed by atoms with E-state index in [-0.39, 0.29) is 31.5 Å². The number of ether oxygens (including phenoxy) is 4. The predicted octanol–water partition coefficient (Wildman–Crippen LogP) is 1.64. The number of hydrogen-bond donors (Lipinski definition) is 0. The molecule has 0 heterocycles. The van der Waals surface area contributed by atoms with Crippen LogP contribution in [0.3, 0.4) is 0 Å². The quantitative estimate of drug-likeness (QED) is 0.427. The number of carbonyl (C=O) groups is 2. The van der Waals surface area contributed by atoms with E-state index in [0.717, 1.165) is 12.2 Å². The first-order chi connectivity index (χ1) is 9.88. The molecular formula is C15H24O6. The first-order valence-electron chi connectivity index (χ1n) is 6.74. The van der Waals surface area contributed by atoms with Gasteiger partial charge in [-0.3, -0.25) is 0 Å². The standard InChI is InChI=1S/C15H24O6/c1-6-14(16)19-10-13(5)20-11(3)8-18-9-12(4)21-15(17)7-2/h6-7,11-13H,1-2,8-10H2,3-5H3. The molecule has 0 rings (SSSR count). The van der Waals surface area contributed by atoms with Gasteiger partial charge in [-0.05, 0) is 20.8 Å². The van der Waals surface area contributed by atoms with Gasteiger partial charge < -0.3 is 18.9 Å². The summed E-state index contributed by atoms with van der Waals surface area (Å²) in [6, 6.07) is 0. The van der Waals surface area contributed by atoms with Gasteiger partial charge in [-0.1, -0.05) is 13.2 Å². The normalized spacial score (nSPS) is 14.6. The fraction of sp³-hybridized carbons (Fsp3) is 0.600. The van der Waals surface area contributed by atoms with Crippen LogP contribution < -0.4 is 0 Å². The molecule has 21 heavy (non-hydrogen) atoms. The van der Waals surface area contributed by atoms with Crippen LogP contribution in [0.4, 0.5) is 0 Å². The Kier molecular flexibility index (Phi) is 10.2. The Morgan fingerprint density at radius 1 is 0.905 bits per heavy atom. The van der Waals surface area contributed by atoms with Gasteiger partial charge in [-0.2, -0.15) is 0 Å². The summed E-state index contributed by atoms with van der Waals surface area (Å²) < 4.78 is 20.8. The van der Waals surface area contributed by atoms with E-state index in [1.54, 1.807) is 13.8 Å². The summed E-state index contributed by atoms with van der Waals surface area (Å²) in [6.45, 7) is 12.7. The van der Waals surface area contributed by atoms with E-state index in [4.69, 9.17) is 18.9 Å². The van der Waals surface area contributed by atoms with Crippen molar-refractivity contribution in [2.45, 2.75) is 39.1 Å². The topological polar surface area (TPSA) is 71.1 Å². The second kappa shape index (κ2) is 11.0. The fourth-order valence-corrected chi connectivity index (χ4v) is 1.41. The molecule has 0 aliphatic carbocycles. The Bertz CT molecular complexity index is 352. The summed E-state index contributed by atoms with van der Waals surface area (Å²) in [4.78, 5) is 21.8. The van der Waals surface area contributed by atoms with E-state index in [9.17, 15) is 9.59 Å². The van der Waals surface area contributed by atoms with E-state index in [0.29, 0.717) is 6.61 Å². The molecule has 0 aromatic heterocycles. The zero-order valence-corrected chi connectivity index (χ0v) is 12.9.